The fraction of sp³-hybridized carbons (Fsp3) is 0.389. The van der Waals surface area contributed by atoms with Crippen LogP contribution in [0.2, 0.25) is 0 Å². The Morgan fingerprint density at radius 3 is 2.73 bits per heavy atom. The molecule has 0 radical (unpaired) electrons. The van der Waals surface area contributed by atoms with Crippen LogP contribution in [-0.2, 0) is 19.1 Å². The smallest absolute Gasteiger partial charge is 0.355 e. The van der Waals surface area contributed by atoms with Gasteiger partial charge in [0.1, 0.15) is 22.8 Å². The number of Topliss-reactive ketones (excluding diaryl/α,β-unsaturated/α-hetero) is 1. The second-order valence-electron chi connectivity index (χ2n) is 6.15. The molecular formula is C18H20IN4O5S2-. The minimum absolute atomic E-state index is 0. The Balaban J connectivity index is 0.00000320. The van der Waals surface area contributed by atoms with Gasteiger partial charge in [0.05, 0.1) is 7.11 Å². The third-order valence-electron chi connectivity index (χ3n) is 4.37. The van der Waals surface area contributed by atoms with Crippen molar-refractivity contribution < 1.29 is 47.9 Å². The number of halogens is 1. The van der Waals surface area contributed by atoms with E-state index in [1.165, 1.54) is 40.5 Å². The maximum absolute atomic E-state index is 12.7. The molecule has 2 amide bonds. The zero-order chi connectivity index (χ0) is 21.1. The highest BCUT2D eigenvalue weighted by molar-refractivity contribution is 8.00. The minimum atomic E-state index is -0.906. The van der Waals surface area contributed by atoms with Crippen molar-refractivity contribution in [2.45, 2.75) is 24.8 Å². The van der Waals surface area contributed by atoms with Crippen molar-refractivity contribution in [2.75, 3.05) is 25.2 Å². The summed E-state index contributed by atoms with van der Waals surface area (Å²) in [6, 6.07) is -0.893. The molecule has 0 bridgehead atoms. The number of carbonyl (C=O) groups excluding carboxylic acids is 4. The molecule has 2 atom stereocenters. The van der Waals surface area contributed by atoms with Crippen LogP contribution < -0.4 is 34.6 Å². The molecule has 162 valence electrons. The van der Waals surface area contributed by atoms with Crippen molar-refractivity contribution in [3.05, 3.63) is 34.5 Å². The number of esters is 1. The maximum atomic E-state index is 12.7. The SMILES string of the molecule is CCC=CC1=C(C(=O)OC)N2C(=O)C(NC(=O)C(=O)c3csc(NC)n3)C2SC1.[I-]. The predicted molar refractivity (Wildman–Crippen MR) is 109 cm³/mol. The van der Waals surface area contributed by atoms with Crippen LogP contribution in [0.1, 0.15) is 23.8 Å². The van der Waals surface area contributed by atoms with Gasteiger partial charge in [0, 0.05) is 18.2 Å². The summed E-state index contributed by atoms with van der Waals surface area (Å²) < 4.78 is 4.84. The normalized spacial score (nSPS) is 20.2. The molecule has 1 aromatic heterocycles. The molecular weight excluding hydrogens is 543 g/mol. The average molecular weight is 563 g/mol. The van der Waals surface area contributed by atoms with Gasteiger partial charge in [-0.15, -0.1) is 23.1 Å². The highest BCUT2D eigenvalue weighted by atomic mass is 127. The van der Waals surface area contributed by atoms with Gasteiger partial charge in [0.15, 0.2) is 5.13 Å². The van der Waals surface area contributed by atoms with E-state index in [0.29, 0.717) is 16.5 Å². The summed E-state index contributed by atoms with van der Waals surface area (Å²) in [6.45, 7) is 1.97. The molecule has 2 aliphatic rings. The van der Waals surface area contributed by atoms with E-state index in [1.807, 2.05) is 13.0 Å². The number of anilines is 1. The number of hydrogen-bond acceptors (Lipinski definition) is 9. The molecule has 9 nitrogen and oxygen atoms in total. The topological polar surface area (TPSA) is 118 Å². The Labute approximate surface area is 198 Å². The largest absolute Gasteiger partial charge is 1.00 e. The molecule has 2 aliphatic heterocycles. The number of fused-ring (bicyclic) bond motifs is 1. The standard InChI is InChI=1S/C18H20N4O5S2.HI/c1-4-5-6-9-7-28-16-11(15(25)22(16)12(9)17(26)27-3)21-14(24)13(23)10-8-29-18(19-2)20-10;/h5-6,8,11,16H,4,7H2,1-3H3,(H,19,20)(H,21,24);1H/p-1. The van der Waals surface area contributed by atoms with Crippen LogP contribution >= 0.6 is 23.1 Å². The molecule has 0 spiro atoms. The number of ketones is 1. The lowest BCUT2D eigenvalue weighted by Gasteiger charge is -2.49. The number of β-lactam (4-membered cyclic amide) rings is 1. The summed E-state index contributed by atoms with van der Waals surface area (Å²) in [7, 11) is 2.91. The van der Waals surface area contributed by atoms with Crippen molar-refractivity contribution in [1.82, 2.24) is 15.2 Å². The van der Waals surface area contributed by atoms with Crippen molar-refractivity contribution in [2.24, 2.45) is 0 Å². The first-order valence-electron chi connectivity index (χ1n) is 8.84. The van der Waals surface area contributed by atoms with Gasteiger partial charge in [-0.2, -0.15) is 0 Å². The van der Waals surface area contributed by atoms with Crippen molar-refractivity contribution >= 4 is 51.8 Å². The van der Waals surface area contributed by atoms with Crippen molar-refractivity contribution in [3.63, 3.8) is 0 Å². The average Bonchev–Trinajstić information content (AvgIpc) is 3.23. The number of rotatable bonds is 7. The van der Waals surface area contributed by atoms with Crippen LogP contribution in [0.5, 0.6) is 0 Å². The summed E-state index contributed by atoms with van der Waals surface area (Å²) in [5.41, 5.74) is 0.885. The van der Waals surface area contributed by atoms with E-state index >= 15 is 0 Å². The molecule has 0 saturated carbocycles. The van der Waals surface area contributed by atoms with E-state index in [9.17, 15) is 19.2 Å². The van der Waals surface area contributed by atoms with Gasteiger partial charge in [-0.25, -0.2) is 9.78 Å². The number of thioether (sulfide) groups is 1. The van der Waals surface area contributed by atoms with E-state index in [1.54, 1.807) is 13.1 Å². The molecule has 2 N–H and O–H groups in total. The Hall–Kier alpha value is -1.93. The first-order chi connectivity index (χ1) is 13.9. The van der Waals surface area contributed by atoms with Gasteiger partial charge in [-0.05, 0) is 12.0 Å². The fourth-order valence-electron chi connectivity index (χ4n) is 2.93. The Kier molecular flexibility index (Phi) is 8.43. The molecule has 1 aromatic rings. The Bertz CT molecular complexity index is 929. The van der Waals surface area contributed by atoms with E-state index in [2.05, 4.69) is 15.6 Å². The molecule has 3 rings (SSSR count). The summed E-state index contributed by atoms with van der Waals surface area (Å²) >= 11 is 2.61. The monoisotopic (exact) mass is 563 g/mol. The first-order valence-corrected chi connectivity index (χ1v) is 10.8. The van der Waals surface area contributed by atoms with Crippen LogP contribution in [0.25, 0.3) is 0 Å². The molecule has 12 heteroatoms. The zero-order valence-electron chi connectivity index (χ0n) is 16.4. The lowest BCUT2D eigenvalue weighted by atomic mass is 10.0. The lowest BCUT2D eigenvalue weighted by molar-refractivity contribution is -0.151. The number of nitrogens with one attached hydrogen (secondary N) is 2. The summed E-state index contributed by atoms with van der Waals surface area (Å²) in [4.78, 5) is 54.9. The number of allylic oxidation sites excluding steroid dienone is 2. The number of nitrogens with zero attached hydrogens (tertiary/aromatic N) is 2. The number of aromatic nitrogens is 1. The number of carbonyl (C=O) groups is 4. The Morgan fingerprint density at radius 2 is 2.13 bits per heavy atom. The van der Waals surface area contributed by atoms with E-state index < -0.39 is 35.0 Å². The summed E-state index contributed by atoms with van der Waals surface area (Å²) in [5.74, 6) is -2.31. The van der Waals surface area contributed by atoms with Gasteiger partial charge in [0.25, 0.3) is 17.6 Å². The predicted octanol–water partition coefficient (Wildman–Crippen LogP) is -1.84. The number of methoxy groups -OCH3 is 1. The Morgan fingerprint density at radius 1 is 1.40 bits per heavy atom. The van der Waals surface area contributed by atoms with E-state index in [-0.39, 0.29) is 35.4 Å². The van der Waals surface area contributed by atoms with Crippen LogP contribution in [0.15, 0.2) is 28.8 Å². The summed E-state index contributed by atoms with van der Waals surface area (Å²) in [6.07, 6.45) is 4.49. The minimum Gasteiger partial charge on any atom is -1.00 e. The third-order valence-corrected chi connectivity index (χ3v) is 6.54. The fourth-order valence-corrected chi connectivity index (χ4v) is 4.90. The van der Waals surface area contributed by atoms with Gasteiger partial charge in [-0.1, -0.05) is 19.1 Å². The zero-order valence-corrected chi connectivity index (χ0v) is 20.2. The second-order valence-corrected chi connectivity index (χ2v) is 8.12. The van der Waals surface area contributed by atoms with Crippen LogP contribution in [0, 0.1) is 0 Å². The van der Waals surface area contributed by atoms with Gasteiger partial charge < -0.3 is 39.3 Å². The molecule has 0 aromatic carbocycles. The third kappa shape index (κ3) is 4.54. The summed E-state index contributed by atoms with van der Waals surface area (Å²) in [5, 5.41) is 6.78. The van der Waals surface area contributed by atoms with Crippen LogP contribution in [0.3, 0.4) is 0 Å². The highest BCUT2D eigenvalue weighted by Crippen LogP contribution is 2.41. The lowest BCUT2D eigenvalue weighted by Crippen LogP contribution is -3.00. The van der Waals surface area contributed by atoms with E-state index in [0.717, 1.165) is 6.42 Å². The number of thiazole rings is 1. The van der Waals surface area contributed by atoms with Crippen molar-refractivity contribution in [1.29, 1.82) is 0 Å². The van der Waals surface area contributed by atoms with Crippen LogP contribution in [0.4, 0.5) is 5.13 Å². The molecule has 30 heavy (non-hydrogen) atoms. The maximum Gasteiger partial charge on any atom is 0.355 e. The van der Waals surface area contributed by atoms with Crippen molar-refractivity contribution in [3.8, 4) is 0 Å². The van der Waals surface area contributed by atoms with E-state index in [4.69, 9.17) is 4.74 Å². The van der Waals surface area contributed by atoms with Gasteiger partial charge in [0.2, 0.25) is 0 Å². The van der Waals surface area contributed by atoms with Crippen LogP contribution in [-0.4, -0.2) is 64.8 Å². The number of ether oxygens (including phenoxy) is 1. The van der Waals surface area contributed by atoms with Gasteiger partial charge >= 0.3 is 5.97 Å². The highest BCUT2D eigenvalue weighted by Gasteiger charge is 2.54. The number of amides is 2. The molecule has 3 heterocycles. The molecule has 1 saturated heterocycles. The van der Waals surface area contributed by atoms with Gasteiger partial charge in [-0.3, -0.25) is 19.3 Å². The first kappa shape index (κ1) is 24.3. The molecule has 1 fully saturated rings. The number of hydrogen-bond donors (Lipinski definition) is 2. The second kappa shape index (κ2) is 10.4. The quantitative estimate of drug-likeness (QED) is 0.131. The molecule has 2 unspecified atom stereocenters. The molecule has 0 aliphatic carbocycles.